The standard InChI is InChI=1S/C14H17N3O4.C11H9FN2O3/c1-8(18)7-15-12-5-4-11(6-13(12)17(19)20)14-9(2)16-21-10(14)3;1-6-11(7(2)17-13-6)8-3-4-9(12)10(5-8)14(15)16/h4-6,8,15,18H,7H2,1-3H3;3-5H,1-2H3. The van der Waals surface area contributed by atoms with Crippen molar-refractivity contribution in [3.05, 3.63) is 85.4 Å². The average Bonchev–Trinajstić information content (AvgIpc) is 3.37. The Kier molecular flexibility index (Phi) is 8.53. The van der Waals surface area contributed by atoms with Crippen LogP contribution in [0, 0.1) is 53.7 Å². The molecular formula is C25H26FN5O7. The number of aromatic nitrogens is 2. The van der Waals surface area contributed by atoms with Gasteiger partial charge in [-0.05, 0) is 57.9 Å². The summed E-state index contributed by atoms with van der Waals surface area (Å²) in [4.78, 5) is 20.7. The molecule has 0 aliphatic carbocycles. The molecule has 4 aromatic rings. The van der Waals surface area contributed by atoms with E-state index in [9.17, 15) is 29.7 Å². The van der Waals surface area contributed by atoms with E-state index in [0.717, 1.165) is 11.6 Å². The molecule has 38 heavy (non-hydrogen) atoms. The fourth-order valence-electron chi connectivity index (χ4n) is 3.84. The SMILES string of the molecule is Cc1noc(C)c1-c1ccc(F)c([N+](=O)[O-])c1.Cc1noc(C)c1-c1ccc(NCC(C)O)c([N+](=O)[O-])c1. The third-order valence-corrected chi connectivity index (χ3v) is 5.57. The molecule has 0 aliphatic rings. The summed E-state index contributed by atoms with van der Waals surface area (Å²) in [6, 6.07) is 8.60. The predicted octanol–water partition coefficient (Wildman–Crippen LogP) is 5.67. The maximum atomic E-state index is 13.2. The van der Waals surface area contributed by atoms with Crippen molar-refractivity contribution in [3.63, 3.8) is 0 Å². The number of benzene rings is 2. The zero-order chi connectivity index (χ0) is 28.1. The molecule has 0 spiro atoms. The van der Waals surface area contributed by atoms with Crippen LogP contribution in [0.15, 0.2) is 45.4 Å². The molecule has 4 rings (SSSR count). The lowest BCUT2D eigenvalue weighted by Gasteiger charge is -2.10. The van der Waals surface area contributed by atoms with Crippen LogP contribution in [0.1, 0.15) is 29.8 Å². The summed E-state index contributed by atoms with van der Waals surface area (Å²) >= 11 is 0. The van der Waals surface area contributed by atoms with E-state index in [1.54, 1.807) is 46.8 Å². The summed E-state index contributed by atoms with van der Waals surface area (Å²) in [5, 5.41) is 41.6. The first-order valence-corrected chi connectivity index (χ1v) is 11.4. The average molecular weight is 528 g/mol. The quantitative estimate of drug-likeness (QED) is 0.225. The molecule has 0 saturated heterocycles. The topological polar surface area (TPSA) is 171 Å². The van der Waals surface area contributed by atoms with Crippen molar-refractivity contribution in [2.45, 2.75) is 40.7 Å². The number of nitro groups is 2. The largest absolute Gasteiger partial charge is 0.392 e. The van der Waals surface area contributed by atoms with E-state index in [4.69, 9.17) is 9.05 Å². The van der Waals surface area contributed by atoms with Gasteiger partial charge in [-0.25, -0.2) is 0 Å². The number of hydrogen-bond donors (Lipinski definition) is 2. The highest BCUT2D eigenvalue weighted by Gasteiger charge is 2.20. The van der Waals surface area contributed by atoms with Crippen molar-refractivity contribution in [2.75, 3.05) is 11.9 Å². The monoisotopic (exact) mass is 527 g/mol. The van der Waals surface area contributed by atoms with Crippen LogP contribution in [0.2, 0.25) is 0 Å². The molecule has 2 heterocycles. The van der Waals surface area contributed by atoms with Gasteiger partial charge in [0.1, 0.15) is 17.2 Å². The molecule has 13 heteroatoms. The molecule has 2 N–H and O–H groups in total. The molecule has 0 radical (unpaired) electrons. The van der Waals surface area contributed by atoms with Crippen LogP contribution < -0.4 is 5.32 Å². The van der Waals surface area contributed by atoms with Crippen molar-refractivity contribution in [2.24, 2.45) is 0 Å². The molecule has 2 aromatic heterocycles. The van der Waals surface area contributed by atoms with E-state index < -0.39 is 27.5 Å². The fourth-order valence-corrected chi connectivity index (χ4v) is 3.84. The molecule has 2 aromatic carbocycles. The Morgan fingerprint density at radius 1 is 0.895 bits per heavy atom. The Balaban J connectivity index is 0.000000215. The number of aryl methyl sites for hydroxylation is 4. The zero-order valence-corrected chi connectivity index (χ0v) is 21.3. The highest BCUT2D eigenvalue weighted by Crippen LogP contribution is 2.34. The third-order valence-electron chi connectivity index (χ3n) is 5.57. The Bertz CT molecular complexity index is 1440. The highest BCUT2D eigenvalue weighted by molar-refractivity contribution is 5.75. The zero-order valence-electron chi connectivity index (χ0n) is 21.3. The number of nitrogens with one attached hydrogen (secondary N) is 1. The first-order chi connectivity index (χ1) is 17.9. The van der Waals surface area contributed by atoms with Crippen LogP contribution in [0.3, 0.4) is 0 Å². The first kappa shape index (κ1) is 27.9. The molecule has 1 unspecified atom stereocenters. The third kappa shape index (κ3) is 6.18. The van der Waals surface area contributed by atoms with Crippen LogP contribution in [-0.4, -0.2) is 37.9 Å². The van der Waals surface area contributed by atoms with Crippen LogP contribution in [0.5, 0.6) is 0 Å². The molecule has 200 valence electrons. The van der Waals surface area contributed by atoms with Crippen LogP contribution in [-0.2, 0) is 0 Å². The molecular weight excluding hydrogens is 501 g/mol. The molecule has 1 atom stereocenters. The Hall–Kier alpha value is -4.65. The minimum atomic E-state index is -0.856. The summed E-state index contributed by atoms with van der Waals surface area (Å²) in [6.45, 7) is 8.83. The number of halogens is 1. The van der Waals surface area contributed by atoms with Gasteiger partial charge in [0.05, 0.1) is 27.3 Å². The second-order valence-electron chi connectivity index (χ2n) is 8.54. The lowest BCUT2D eigenvalue weighted by molar-refractivity contribution is -0.387. The minimum Gasteiger partial charge on any atom is -0.392 e. The summed E-state index contributed by atoms with van der Waals surface area (Å²) < 4.78 is 23.2. The molecule has 0 fully saturated rings. The Morgan fingerprint density at radius 3 is 1.79 bits per heavy atom. The smallest absolute Gasteiger partial charge is 0.305 e. The van der Waals surface area contributed by atoms with E-state index >= 15 is 0 Å². The van der Waals surface area contributed by atoms with Crippen molar-refractivity contribution in [1.29, 1.82) is 0 Å². The van der Waals surface area contributed by atoms with Gasteiger partial charge in [-0.1, -0.05) is 22.4 Å². The highest BCUT2D eigenvalue weighted by atomic mass is 19.1. The lowest BCUT2D eigenvalue weighted by Crippen LogP contribution is -2.16. The summed E-state index contributed by atoms with van der Waals surface area (Å²) in [5.74, 6) is 0.306. The van der Waals surface area contributed by atoms with Crippen LogP contribution in [0.4, 0.5) is 21.5 Å². The number of aliphatic hydroxyl groups is 1. The van der Waals surface area contributed by atoms with Gasteiger partial charge in [-0.3, -0.25) is 20.2 Å². The number of nitro benzene ring substituents is 2. The Morgan fingerprint density at radius 2 is 1.37 bits per heavy atom. The van der Waals surface area contributed by atoms with Gasteiger partial charge < -0.3 is 19.5 Å². The van der Waals surface area contributed by atoms with E-state index in [1.807, 2.05) is 0 Å². The maximum Gasteiger partial charge on any atom is 0.305 e. The van der Waals surface area contributed by atoms with Gasteiger partial charge in [-0.2, -0.15) is 4.39 Å². The van der Waals surface area contributed by atoms with Gasteiger partial charge in [-0.15, -0.1) is 0 Å². The Labute approximate surface area is 216 Å². The van der Waals surface area contributed by atoms with E-state index in [2.05, 4.69) is 15.6 Å². The van der Waals surface area contributed by atoms with E-state index in [0.29, 0.717) is 45.3 Å². The maximum absolute atomic E-state index is 13.2. The predicted molar refractivity (Wildman–Crippen MR) is 136 cm³/mol. The normalized spacial score (nSPS) is 11.4. The van der Waals surface area contributed by atoms with Crippen molar-refractivity contribution in [3.8, 4) is 22.3 Å². The second-order valence-corrected chi connectivity index (χ2v) is 8.54. The molecule has 0 aliphatic heterocycles. The summed E-state index contributed by atoms with van der Waals surface area (Å²) in [6.07, 6.45) is -0.591. The van der Waals surface area contributed by atoms with Gasteiger partial charge in [0.2, 0.25) is 5.82 Å². The lowest BCUT2D eigenvalue weighted by atomic mass is 10.0. The molecule has 0 saturated carbocycles. The number of rotatable bonds is 7. The van der Waals surface area contributed by atoms with Crippen molar-refractivity contribution < 1.29 is 28.4 Å². The van der Waals surface area contributed by atoms with E-state index in [-0.39, 0.29) is 12.2 Å². The van der Waals surface area contributed by atoms with Gasteiger partial charge in [0.25, 0.3) is 5.69 Å². The molecule has 0 amide bonds. The summed E-state index contributed by atoms with van der Waals surface area (Å²) in [7, 11) is 0. The van der Waals surface area contributed by atoms with E-state index in [1.165, 1.54) is 18.2 Å². The van der Waals surface area contributed by atoms with Gasteiger partial charge in [0, 0.05) is 29.8 Å². The molecule has 0 bridgehead atoms. The van der Waals surface area contributed by atoms with Crippen molar-refractivity contribution in [1.82, 2.24) is 10.3 Å². The van der Waals surface area contributed by atoms with Gasteiger partial charge in [0.15, 0.2) is 0 Å². The first-order valence-electron chi connectivity index (χ1n) is 11.4. The molecule has 12 nitrogen and oxygen atoms in total. The number of aliphatic hydroxyl groups excluding tert-OH is 1. The second kappa shape index (κ2) is 11.6. The number of anilines is 1. The number of nitrogens with zero attached hydrogens (tertiary/aromatic N) is 4. The van der Waals surface area contributed by atoms with Gasteiger partial charge >= 0.3 is 5.69 Å². The summed E-state index contributed by atoms with van der Waals surface area (Å²) in [5.41, 5.74) is 3.70. The minimum absolute atomic E-state index is 0.0480. The van der Waals surface area contributed by atoms with Crippen LogP contribution in [0.25, 0.3) is 22.3 Å². The van der Waals surface area contributed by atoms with Crippen LogP contribution >= 0.6 is 0 Å². The fraction of sp³-hybridized carbons (Fsp3) is 0.280. The van der Waals surface area contributed by atoms with Crippen molar-refractivity contribution >= 4 is 17.1 Å². The number of hydrogen-bond acceptors (Lipinski definition) is 10.